The van der Waals surface area contributed by atoms with Crippen LogP contribution in [0, 0.1) is 0 Å². The Morgan fingerprint density at radius 3 is 2.67 bits per heavy atom. The molecule has 2 aromatic heterocycles. The second-order valence-electron chi connectivity index (χ2n) is 6.93. The van der Waals surface area contributed by atoms with Crippen molar-refractivity contribution in [2.75, 3.05) is 18.9 Å². The Labute approximate surface area is 186 Å². The lowest BCUT2D eigenvalue weighted by Crippen LogP contribution is -2.33. The standard InChI is InChI=1S/C21H20F4N6O2/c1-31(19(26)32)10-7-14-11-13(5-8-27-14)17-6-9-28-20(30-17)29-15-3-2-4-16(12-15)33-21(24,25)18(22)23/h2-6,8-9,11-12,18H,7,10H2,1H3,(H2,26,32)(H,28,29,30). The molecular weight excluding hydrogens is 444 g/mol. The summed E-state index contributed by atoms with van der Waals surface area (Å²) in [5.41, 5.74) is 7.49. The van der Waals surface area contributed by atoms with Crippen molar-refractivity contribution in [3.8, 4) is 17.0 Å². The third-order valence-electron chi connectivity index (χ3n) is 4.45. The number of rotatable bonds is 9. The number of aromatic nitrogens is 3. The highest BCUT2D eigenvalue weighted by molar-refractivity contribution is 5.71. The number of likely N-dealkylation sites (N-methyl/N-ethyl adjacent to an activating group) is 1. The molecule has 0 atom stereocenters. The fourth-order valence-electron chi connectivity index (χ4n) is 2.71. The largest absolute Gasteiger partial charge is 0.461 e. The minimum absolute atomic E-state index is 0.150. The number of ether oxygens (including phenoxy) is 1. The number of anilines is 2. The summed E-state index contributed by atoms with van der Waals surface area (Å²) < 4.78 is 55.1. The van der Waals surface area contributed by atoms with Gasteiger partial charge >= 0.3 is 18.6 Å². The second kappa shape index (κ2) is 10.1. The van der Waals surface area contributed by atoms with Crippen molar-refractivity contribution in [3.05, 3.63) is 60.6 Å². The summed E-state index contributed by atoms with van der Waals surface area (Å²) in [6, 6.07) is 9.83. The van der Waals surface area contributed by atoms with E-state index in [0.29, 0.717) is 18.7 Å². The van der Waals surface area contributed by atoms with E-state index in [9.17, 15) is 22.4 Å². The molecule has 1 aromatic carbocycles. The zero-order chi connectivity index (χ0) is 24.0. The van der Waals surface area contributed by atoms with Crippen molar-refractivity contribution in [1.29, 1.82) is 0 Å². The van der Waals surface area contributed by atoms with Gasteiger partial charge in [-0.25, -0.2) is 14.8 Å². The van der Waals surface area contributed by atoms with Gasteiger partial charge in [0.2, 0.25) is 5.95 Å². The molecule has 0 saturated carbocycles. The Kier molecular flexibility index (Phi) is 7.26. The molecule has 3 aromatic rings. The maximum Gasteiger partial charge on any atom is 0.461 e. The molecular formula is C21H20F4N6O2. The van der Waals surface area contributed by atoms with Gasteiger partial charge in [0.05, 0.1) is 5.69 Å². The van der Waals surface area contributed by atoms with Gasteiger partial charge in [0, 0.05) is 55.4 Å². The number of amides is 2. The highest BCUT2D eigenvalue weighted by Crippen LogP contribution is 2.29. The first-order valence-electron chi connectivity index (χ1n) is 9.65. The van der Waals surface area contributed by atoms with Gasteiger partial charge in [-0.05, 0) is 30.3 Å². The van der Waals surface area contributed by atoms with Crippen LogP contribution in [0.4, 0.5) is 34.0 Å². The molecule has 0 aliphatic rings. The molecule has 0 aliphatic carbocycles. The first kappa shape index (κ1) is 23.7. The van der Waals surface area contributed by atoms with Gasteiger partial charge in [-0.3, -0.25) is 4.98 Å². The number of nitrogens with zero attached hydrogens (tertiary/aromatic N) is 4. The normalized spacial score (nSPS) is 11.3. The van der Waals surface area contributed by atoms with Gasteiger partial charge in [-0.15, -0.1) is 0 Å². The van der Waals surface area contributed by atoms with Gasteiger partial charge < -0.3 is 20.7 Å². The molecule has 3 N–H and O–H groups in total. The van der Waals surface area contributed by atoms with E-state index in [0.717, 1.165) is 23.4 Å². The van der Waals surface area contributed by atoms with Gasteiger partial charge in [-0.2, -0.15) is 17.6 Å². The fraction of sp³-hybridized carbons (Fsp3) is 0.238. The molecule has 2 heterocycles. The van der Waals surface area contributed by atoms with E-state index in [1.54, 1.807) is 25.4 Å². The number of alkyl halides is 4. The number of nitrogens with one attached hydrogen (secondary N) is 1. The van der Waals surface area contributed by atoms with Crippen molar-refractivity contribution in [3.63, 3.8) is 0 Å². The molecule has 0 aliphatic heterocycles. The van der Waals surface area contributed by atoms with Crippen LogP contribution in [-0.4, -0.2) is 52.0 Å². The van der Waals surface area contributed by atoms with E-state index in [4.69, 9.17) is 5.73 Å². The maximum atomic E-state index is 13.2. The average Bonchev–Trinajstić information content (AvgIpc) is 2.77. The summed E-state index contributed by atoms with van der Waals surface area (Å²) in [5.74, 6) is -0.293. The number of primary amides is 1. The molecule has 3 rings (SSSR count). The number of carbonyl (C=O) groups excluding carboxylic acids is 1. The van der Waals surface area contributed by atoms with Crippen molar-refractivity contribution in [2.24, 2.45) is 5.73 Å². The van der Waals surface area contributed by atoms with Crippen molar-refractivity contribution in [2.45, 2.75) is 19.0 Å². The van der Waals surface area contributed by atoms with E-state index >= 15 is 0 Å². The summed E-state index contributed by atoms with van der Waals surface area (Å²) in [4.78, 5) is 25.3. The zero-order valence-corrected chi connectivity index (χ0v) is 17.4. The number of halogens is 4. The Hall–Kier alpha value is -3.96. The van der Waals surface area contributed by atoms with E-state index in [-0.39, 0.29) is 11.6 Å². The first-order valence-corrected chi connectivity index (χ1v) is 9.65. The second-order valence-corrected chi connectivity index (χ2v) is 6.93. The number of benzene rings is 1. The predicted octanol–water partition coefficient (Wildman–Crippen LogP) is 4.07. The number of carbonyl (C=O) groups is 1. The van der Waals surface area contributed by atoms with E-state index in [1.165, 1.54) is 23.2 Å². The van der Waals surface area contributed by atoms with Crippen LogP contribution in [0.2, 0.25) is 0 Å². The highest BCUT2D eigenvalue weighted by atomic mass is 19.3. The Bertz CT molecular complexity index is 1120. The number of urea groups is 1. The van der Waals surface area contributed by atoms with Crippen LogP contribution in [0.25, 0.3) is 11.3 Å². The molecule has 33 heavy (non-hydrogen) atoms. The molecule has 174 valence electrons. The first-order chi connectivity index (χ1) is 15.6. The van der Waals surface area contributed by atoms with Crippen LogP contribution in [0.15, 0.2) is 54.9 Å². The van der Waals surface area contributed by atoms with Crippen LogP contribution >= 0.6 is 0 Å². The topological polar surface area (TPSA) is 106 Å². The third kappa shape index (κ3) is 6.51. The average molecular weight is 464 g/mol. The smallest absolute Gasteiger partial charge is 0.428 e. The molecule has 12 heteroatoms. The number of nitrogens with two attached hydrogens (primary N) is 1. The maximum absolute atomic E-state index is 13.2. The van der Waals surface area contributed by atoms with Crippen LogP contribution in [0.5, 0.6) is 5.75 Å². The Morgan fingerprint density at radius 2 is 1.94 bits per heavy atom. The SMILES string of the molecule is CN(CCc1cc(-c2ccnc(Nc3cccc(OC(F)(F)C(F)F)c3)n2)ccn1)C(N)=O. The van der Waals surface area contributed by atoms with Crippen molar-refractivity contribution < 1.29 is 27.1 Å². The molecule has 0 saturated heterocycles. The molecule has 0 unspecified atom stereocenters. The van der Waals surface area contributed by atoms with Crippen LogP contribution in [0.1, 0.15) is 5.69 Å². The minimum Gasteiger partial charge on any atom is -0.428 e. The highest BCUT2D eigenvalue weighted by Gasteiger charge is 2.44. The summed E-state index contributed by atoms with van der Waals surface area (Å²) in [6.45, 7) is 0.394. The summed E-state index contributed by atoms with van der Waals surface area (Å²) in [6.07, 6.45) is -4.99. The van der Waals surface area contributed by atoms with Crippen LogP contribution in [0.3, 0.4) is 0 Å². The monoisotopic (exact) mass is 464 g/mol. The summed E-state index contributed by atoms with van der Waals surface area (Å²) in [5, 5.41) is 2.83. The molecule has 0 fully saturated rings. The van der Waals surface area contributed by atoms with Gasteiger partial charge in [0.25, 0.3) is 0 Å². The summed E-state index contributed by atoms with van der Waals surface area (Å²) >= 11 is 0. The lowest BCUT2D eigenvalue weighted by molar-refractivity contribution is -0.253. The van der Waals surface area contributed by atoms with E-state index < -0.39 is 24.3 Å². The predicted molar refractivity (Wildman–Crippen MR) is 112 cm³/mol. The number of hydrogen-bond donors (Lipinski definition) is 2. The molecule has 0 bridgehead atoms. The lowest BCUT2D eigenvalue weighted by atomic mass is 10.1. The van der Waals surface area contributed by atoms with E-state index in [1.807, 2.05) is 6.07 Å². The third-order valence-corrected chi connectivity index (χ3v) is 4.45. The number of pyridine rings is 1. The molecule has 8 nitrogen and oxygen atoms in total. The van der Waals surface area contributed by atoms with Gasteiger partial charge in [-0.1, -0.05) is 6.07 Å². The quantitative estimate of drug-likeness (QED) is 0.463. The minimum atomic E-state index is -4.61. The Balaban J connectivity index is 1.74. The Morgan fingerprint density at radius 1 is 1.18 bits per heavy atom. The lowest BCUT2D eigenvalue weighted by Gasteiger charge is -2.17. The van der Waals surface area contributed by atoms with Gasteiger partial charge in [0.1, 0.15) is 5.75 Å². The fourth-order valence-corrected chi connectivity index (χ4v) is 2.71. The van der Waals surface area contributed by atoms with Crippen LogP contribution in [-0.2, 0) is 6.42 Å². The molecule has 0 radical (unpaired) electrons. The summed E-state index contributed by atoms with van der Waals surface area (Å²) in [7, 11) is 1.59. The van der Waals surface area contributed by atoms with Crippen molar-refractivity contribution >= 4 is 17.7 Å². The van der Waals surface area contributed by atoms with Crippen molar-refractivity contribution in [1.82, 2.24) is 19.9 Å². The van der Waals surface area contributed by atoms with E-state index in [2.05, 4.69) is 25.0 Å². The number of hydrogen-bond acceptors (Lipinski definition) is 6. The van der Waals surface area contributed by atoms with Crippen LogP contribution < -0.4 is 15.8 Å². The van der Waals surface area contributed by atoms with Gasteiger partial charge in [0.15, 0.2) is 0 Å². The zero-order valence-electron chi connectivity index (χ0n) is 17.4. The molecule has 2 amide bonds. The molecule has 0 spiro atoms.